The van der Waals surface area contributed by atoms with E-state index in [0.717, 1.165) is 44.5 Å². The van der Waals surface area contributed by atoms with Gasteiger partial charge in [-0.15, -0.1) is 0 Å². The zero-order valence-electron chi connectivity index (χ0n) is 15.2. The normalized spacial score (nSPS) is 23.4. The standard InChI is InChI=1S/C20H32N2O2/c1-3-14-24-20-8-5-11-22(16-20)17-9-12-21(13-10-17)18-6-4-7-19(15-18)23-2/h4,6-7,15,17,20H,3,5,8-14,16H2,1-2H3/t20-/m0/s1. The number of piperidine rings is 2. The lowest BCUT2D eigenvalue weighted by atomic mass is 9.98. The Morgan fingerprint density at radius 3 is 2.71 bits per heavy atom. The third kappa shape index (κ3) is 4.42. The number of anilines is 1. The molecule has 1 aromatic carbocycles. The molecule has 134 valence electrons. The third-order valence-corrected chi connectivity index (χ3v) is 5.37. The van der Waals surface area contributed by atoms with Gasteiger partial charge in [-0.1, -0.05) is 13.0 Å². The minimum Gasteiger partial charge on any atom is -0.497 e. The second-order valence-corrected chi connectivity index (χ2v) is 7.05. The molecule has 2 fully saturated rings. The summed E-state index contributed by atoms with van der Waals surface area (Å²) in [7, 11) is 1.73. The molecule has 0 aromatic heterocycles. The Hall–Kier alpha value is -1.26. The van der Waals surface area contributed by atoms with Crippen molar-refractivity contribution in [2.75, 3.05) is 44.8 Å². The highest BCUT2D eigenvalue weighted by Crippen LogP contribution is 2.27. The van der Waals surface area contributed by atoms with E-state index in [0.29, 0.717) is 6.10 Å². The van der Waals surface area contributed by atoms with Gasteiger partial charge in [-0.25, -0.2) is 0 Å². The van der Waals surface area contributed by atoms with Crippen LogP contribution in [0.4, 0.5) is 5.69 Å². The smallest absolute Gasteiger partial charge is 0.120 e. The van der Waals surface area contributed by atoms with Crippen LogP contribution >= 0.6 is 0 Å². The number of benzene rings is 1. The van der Waals surface area contributed by atoms with Crippen molar-refractivity contribution in [3.05, 3.63) is 24.3 Å². The first-order valence-corrected chi connectivity index (χ1v) is 9.54. The van der Waals surface area contributed by atoms with Gasteiger partial charge in [0.05, 0.1) is 13.2 Å². The fourth-order valence-corrected chi connectivity index (χ4v) is 4.01. The number of hydrogen-bond donors (Lipinski definition) is 0. The molecule has 0 N–H and O–H groups in total. The quantitative estimate of drug-likeness (QED) is 0.795. The summed E-state index contributed by atoms with van der Waals surface area (Å²) in [5.41, 5.74) is 1.29. The molecule has 0 radical (unpaired) electrons. The molecule has 0 bridgehead atoms. The maximum absolute atomic E-state index is 6.00. The summed E-state index contributed by atoms with van der Waals surface area (Å²) < 4.78 is 11.4. The van der Waals surface area contributed by atoms with Crippen LogP contribution in [0.3, 0.4) is 0 Å². The van der Waals surface area contributed by atoms with E-state index in [-0.39, 0.29) is 0 Å². The number of nitrogens with zero attached hydrogens (tertiary/aromatic N) is 2. The molecule has 24 heavy (non-hydrogen) atoms. The number of methoxy groups -OCH3 is 1. The molecule has 4 nitrogen and oxygen atoms in total. The summed E-state index contributed by atoms with van der Waals surface area (Å²) in [6.45, 7) is 7.74. The number of ether oxygens (including phenoxy) is 2. The van der Waals surface area contributed by atoms with Crippen LogP contribution in [0.25, 0.3) is 0 Å². The first kappa shape index (κ1) is 17.6. The first-order valence-electron chi connectivity index (χ1n) is 9.54. The topological polar surface area (TPSA) is 24.9 Å². The van der Waals surface area contributed by atoms with E-state index in [2.05, 4.69) is 34.9 Å². The average molecular weight is 332 g/mol. The first-order chi connectivity index (χ1) is 11.8. The molecule has 0 unspecified atom stereocenters. The maximum atomic E-state index is 6.00. The van der Waals surface area contributed by atoms with Gasteiger partial charge >= 0.3 is 0 Å². The van der Waals surface area contributed by atoms with Crippen molar-refractivity contribution >= 4 is 5.69 Å². The van der Waals surface area contributed by atoms with Crippen LogP contribution in [-0.4, -0.2) is 56.9 Å². The summed E-state index contributed by atoms with van der Waals surface area (Å²) in [4.78, 5) is 5.18. The lowest BCUT2D eigenvalue weighted by Gasteiger charge is -2.42. The van der Waals surface area contributed by atoms with Crippen LogP contribution in [0.5, 0.6) is 5.75 Å². The van der Waals surface area contributed by atoms with Gasteiger partial charge in [-0.3, -0.25) is 4.90 Å². The van der Waals surface area contributed by atoms with Gasteiger partial charge in [-0.2, -0.15) is 0 Å². The van der Waals surface area contributed by atoms with Gasteiger partial charge in [0, 0.05) is 44.0 Å². The predicted octanol–water partition coefficient (Wildman–Crippen LogP) is 3.56. The molecule has 1 aromatic rings. The van der Waals surface area contributed by atoms with Crippen LogP contribution in [0, 0.1) is 0 Å². The minimum absolute atomic E-state index is 0.454. The molecule has 1 atom stereocenters. The molecule has 3 rings (SSSR count). The number of rotatable bonds is 6. The largest absolute Gasteiger partial charge is 0.497 e. The van der Waals surface area contributed by atoms with Crippen molar-refractivity contribution in [2.24, 2.45) is 0 Å². The molecule has 2 heterocycles. The Morgan fingerprint density at radius 1 is 1.12 bits per heavy atom. The molecular weight excluding hydrogens is 300 g/mol. The van der Waals surface area contributed by atoms with E-state index in [1.165, 1.54) is 37.9 Å². The fourth-order valence-electron chi connectivity index (χ4n) is 4.01. The average Bonchev–Trinajstić information content (AvgIpc) is 2.67. The van der Waals surface area contributed by atoms with E-state index in [1.54, 1.807) is 7.11 Å². The lowest BCUT2D eigenvalue weighted by Crippen LogP contribution is -2.50. The Balaban J connectivity index is 1.51. The van der Waals surface area contributed by atoms with Crippen molar-refractivity contribution in [3.63, 3.8) is 0 Å². The summed E-state index contributed by atoms with van der Waals surface area (Å²) in [6.07, 6.45) is 6.59. The Morgan fingerprint density at radius 2 is 1.96 bits per heavy atom. The molecule has 0 spiro atoms. The summed E-state index contributed by atoms with van der Waals surface area (Å²) in [5, 5.41) is 0. The number of hydrogen-bond acceptors (Lipinski definition) is 4. The van der Waals surface area contributed by atoms with Crippen molar-refractivity contribution in [2.45, 2.75) is 51.2 Å². The SMILES string of the molecule is CCCO[C@H]1CCCN(C2CCN(c3cccc(OC)c3)CC2)C1. The van der Waals surface area contributed by atoms with Crippen LogP contribution in [0.1, 0.15) is 39.0 Å². The van der Waals surface area contributed by atoms with Gasteiger partial charge in [0.1, 0.15) is 5.75 Å². The summed E-state index contributed by atoms with van der Waals surface area (Å²) >= 11 is 0. The summed E-state index contributed by atoms with van der Waals surface area (Å²) in [5.74, 6) is 0.946. The molecule has 4 heteroatoms. The van der Waals surface area contributed by atoms with Crippen LogP contribution < -0.4 is 9.64 Å². The number of likely N-dealkylation sites (tertiary alicyclic amines) is 1. The molecule has 2 aliphatic rings. The molecule has 0 aliphatic carbocycles. The van der Waals surface area contributed by atoms with E-state index in [9.17, 15) is 0 Å². The Bertz CT molecular complexity index is 500. The van der Waals surface area contributed by atoms with Gasteiger partial charge in [0.25, 0.3) is 0 Å². The zero-order chi connectivity index (χ0) is 16.8. The fraction of sp³-hybridized carbons (Fsp3) is 0.700. The van der Waals surface area contributed by atoms with Crippen LogP contribution in [0.15, 0.2) is 24.3 Å². The highest BCUT2D eigenvalue weighted by Gasteiger charge is 2.29. The monoisotopic (exact) mass is 332 g/mol. The molecular formula is C20H32N2O2. The predicted molar refractivity (Wildman–Crippen MR) is 99.1 cm³/mol. The van der Waals surface area contributed by atoms with E-state index >= 15 is 0 Å². The van der Waals surface area contributed by atoms with Crippen LogP contribution in [-0.2, 0) is 4.74 Å². The molecule has 0 amide bonds. The van der Waals surface area contributed by atoms with E-state index < -0.39 is 0 Å². The molecule has 0 saturated carbocycles. The third-order valence-electron chi connectivity index (χ3n) is 5.37. The lowest BCUT2D eigenvalue weighted by molar-refractivity contribution is -0.0155. The van der Waals surface area contributed by atoms with Gasteiger partial charge in [-0.05, 0) is 50.8 Å². The van der Waals surface area contributed by atoms with E-state index in [4.69, 9.17) is 9.47 Å². The zero-order valence-corrected chi connectivity index (χ0v) is 15.2. The molecule has 2 saturated heterocycles. The van der Waals surface area contributed by atoms with Crippen LogP contribution in [0.2, 0.25) is 0 Å². The van der Waals surface area contributed by atoms with Crippen molar-refractivity contribution in [1.29, 1.82) is 0 Å². The molecule has 2 aliphatic heterocycles. The maximum Gasteiger partial charge on any atom is 0.120 e. The van der Waals surface area contributed by atoms with E-state index in [1.807, 2.05) is 6.07 Å². The highest BCUT2D eigenvalue weighted by molar-refractivity contribution is 5.51. The second kappa shape index (κ2) is 8.72. The van der Waals surface area contributed by atoms with Crippen molar-refractivity contribution in [1.82, 2.24) is 4.90 Å². The van der Waals surface area contributed by atoms with Gasteiger partial charge in [0.15, 0.2) is 0 Å². The van der Waals surface area contributed by atoms with Gasteiger partial charge < -0.3 is 14.4 Å². The Kier molecular flexibility index (Phi) is 6.38. The Labute approximate surface area is 146 Å². The van der Waals surface area contributed by atoms with Crippen molar-refractivity contribution < 1.29 is 9.47 Å². The highest BCUT2D eigenvalue weighted by atomic mass is 16.5. The van der Waals surface area contributed by atoms with Gasteiger partial charge in [0.2, 0.25) is 0 Å². The second-order valence-electron chi connectivity index (χ2n) is 7.05. The van der Waals surface area contributed by atoms with Crippen molar-refractivity contribution in [3.8, 4) is 5.75 Å². The minimum atomic E-state index is 0.454. The summed E-state index contributed by atoms with van der Waals surface area (Å²) in [6, 6.07) is 9.16.